The third-order valence-electron chi connectivity index (χ3n) is 3.31. The lowest BCUT2D eigenvalue weighted by molar-refractivity contribution is 0.445. The Labute approximate surface area is 113 Å². The molecular weight excluding hydrogens is 246 g/mol. The van der Waals surface area contributed by atoms with Crippen LogP contribution in [0, 0.1) is 0 Å². The van der Waals surface area contributed by atoms with Gasteiger partial charge < -0.3 is 5.73 Å². The van der Waals surface area contributed by atoms with Crippen LogP contribution in [0.5, 0.6) is 0 Å². The summed E-state index contributed by atoms with van der Waals surface area (Å²) >= 11 is 6.01. The molecule has 3 nitrogen and oxygen atoms in total. The lowest BCUT2D eigenvalue weighted by atomic mass is 9.88. The first-order valence-electron chi connectivity index (χ1n) is 6.01. The Bertz CT molecular complexity index is 531. The van der Waals surface area contributed by atoms with Gasteiger partial charge in [0, 0.05) is 29.5 Å². The molecule has 2 rings (SSSR count). The molecule has 0 saturated carbocycles. The fourth-order valence-electron chi connectivity index (χ4n) is 2.02. The molecule has 0 amide bonds. The summed E-state index contributed by atoms with van der Waals surface area (Å²) in [5.74, 6) is 0. The zero-order valence-corrected chi connectivity index (χ0v) is 11.5. The van der Waals surface area contributed by atoms with Gasteiger partial charge in [-0.1, -0.05) is 23.7 Å². The number of halogens is 1. The summed E-state index contributed by atoms with van der Waals surface area (Å²) in [6.45, 7) is 2.04. The molecule has 1 aromatic heterocycles. The molecule has 1 atom stereocenters. The molecule has 1 unspecified atom stereocenters. The lowest BCUT2D eigenvalue weighted by Gasteiger charge is -2.25. The first-order chi connectivity index (χ1) is 8.49. The number of nitrogens with zero attached hydrogens (tertiary/aromatic N) is 2. The van der Waals surface area contributed by atoms with Gasteiger partial charge in [0.05, 0.1) is 0 Å². The first kappa shape index (κ1) is 13.1. The van der Waals surface area contributed by atoms with Crippen LogP contribution in [-0.2, 0) is 19.0 Å². The van der Waals surface area contributed by atoms with Gasteiger partial charge in [-0.2, -0.15) is 5.10 Å². The summed E-state index contributed by atoms with van der Waals surface area (Å²) in [6, 6.07) is 9.78. The molecule has 1 aromatic carbocycles. The third-order valence-corrected chi connectivity index (χ3v) is 3.54. The number of aromatic nitrogens is 2. The van der Waals surface area contributed by atoms with E-state index in [4.69, 9.17) is 17.3 Å². The second-order valence-corrected chi connectivity index (χ2v) is 5.31. The Balaban J connectivity index is 2.10. The van der Waals surface area contributed by atoms with E-state index < -0.39 is 0 Å². The van der Waals surface area contributed by atoms with Crippen LogP contribution in [0.15, 0.2) is 36.5 Å². The molecule has 2 N–H and O–H groups in total. The van der Waals surface area contributed by atoms with Crippen LogP contribution in [0.3, 0.4) is 0 Å². The van der Waals surface area contributed by atoms with E-state index in [1.54, 1.807) is 0 Å². The van der Waals surface area contributed by atoms with E-state index in [1.807, 2.05) is 55.2 Å². The normalized spacial score (nSPS) is 14.4. The van der Waals surface area contributed by atoms with E-state index in [-0.39, 0.29) is 5.54 Å². The summed E-state index contributed by atoms with van der Waals surface area (Å²) in [5.41, 5.74) is 8.26. The topological polar surface area (TPSA) is 43.8 Å². The molecule has 0 aliphatic rings. The van der Waals surface area contributed by atoms with Crippen molar-refractivity contribution in [2.75, 3.05) is 0 Å². The number of nitrogens with two attached hydrogens (primary N) is 1. The van der Waals surface area contributed by atoms with Crippen molar-refractivity contribution in [3.63, 3.8) is 0 Å². The highest BCUT2D eigenvalue weighted by Gasteiger charge is 2.21. The lowest BCUT2D eigenvalue weighted by Crippen LogP contribution is -2.33. The van der Waals surface area contributed by atoms with Gasteiger partial charge in [0.2, 0.25) is 0 Å². The second-order valence-electron chi connectivity index (χ2n) is 4.87. The van der Waals surface area contributed by atoms with E-state index in [9.17, 15) is 0 Å². The number of rotatable bonds is 4. The first-order valence-corrected chi connectivity index (χ1v) is 6.39. The highest BCUT2D eigenvalue weighted by molar-refractivity contribution is 6.30. The molecule has 18 heavy (non-hydrogen) atoms. The minimum Gasteiger partial charge on any atom is -0.322 e. The molecule has 96 valence electrons. The van der Waals surface area contributed by atoms with Gasteiger partial charge in [-0.3, -0.25) is 4.68 Å². The van der Waals surface area contributed by atoms with Crippen LogP contribution in [0.25, 0.3) is 0 Å². The Morgan fingerprint density at radius 1 is 1.39 bits per heavy atom. The molecule has 0 radical (unpaired) electrons. The molecule has 0 fully saturated rings. The molecule has 0 bridgehead atoms. The van der Waals surface area contributed by atoms with Gasteiger partial charge in [-0.05, 0) is 43.5 Å². The summed E-state index contributed by atoms with van der Waals surface area (Å²) in [7, 11) is 1.95. The van der Waals surface area contributed by atoms with Crippen molar-refractivity contribution in [1.82, 2.24) is 9.78 Å². The smallest absolute Gasteiger partial charge is 0.0492 e. The van der Waals surface area contributed by atoms with E-state index >= 15 is 0 Å². The maximum Gasteiger partial charge on any atom is 0.0492 e. The number of benzene rings is 1. The van der Waals surface area contributed by atoms with Crippen LogP contribution in [0.2, 0.25) is 5.02 Å². The van der Waals surface area contributed by atoms with Crippen LogP contribution in [-0.4, -0.2) is 9.78 Å². The molecule has 1 heterocycles. The van der Waals surface area contributed by atoms with Gasteiger partial charge >= 0.3 is 0 Å². The largest absolute Gasteiger partial charge is 0.322 e. The van der Waals surface area contributed by atoms with Crippen molar-refractivity contribution < 1.29 is 0 Å². The Hall–Kier alpha value is -1.32. The molecule has 0 aliphatic carbocycles. The van der Waals surface area contributed by atoms with E-state index in [0.29, 0.717) is 0 Å². The third kappa shape index (κ3) is 2.92. The standard InChI is InChI=1S/C14H18ClN3/c1-14(16,11-4-3-5-12(15)10-11)8-6-13-7-9-17-18(13)2/h3-5,7,9-10H,6,8,16H2,1-2H3. The Morgan fingerprint density at radius 3 is 2.78 bits per heavy atom. The second kappa shape index (κ2) is 5.12. The van der Waals surface area contributed by atoms with Crippen molar-refractivity contribution in [2.24, 2.45) is 12.8 Å². The monoisotopic (exact) mass is 263 g/mol. The van der Waals surface area contributed by atoms with Crippen LogP contribution < -0.4 is 5.73 Å². The number of hydrogen-bond acceptors (Lipinski definition) is 2. The van der Waals surface area contributed by atoms with E-state index in [2.05, 4.69) is 5.10 Å². The van der Waals surface area contributed by atoms with Crippen molar-refractivity contribution in [3.8, 4) is 0 Å². The van der Waals surface area contributed by atoms with Crippen molar-refractivity contribution in [3.05, 3.63) is 52.8 Å². The van der Waals surface area contributed by atoms with Gasteiger partial charge in [-0.25, -0.2) is 0 Å². The molecular formula is C14H18ClN3. The fourth-order valence-corrected chi connectivity index (χ4v) is 2.21. The molecule has 0 aliphatic heterocycles. The number of hydrogen-bond donors (Lipinski definition) is 1. The van der Waals surface area contributed by atoms with Gasteiger partial charge in [0.15, 0.2) is 0 Å². The average Bonchev–Trinajstić information content (AvgIpc) is 2.72. The molecule has 0 spiro atoms. The average molecular weight is 264 g/mol. The molecule has 0 saturated heterocycles. The van der Waals surface area contributed by atoms with Gasteiger partial charge in [0.1, 0.15) is 0 Å². The highest BCUT2D eigenvalue weighted by atomic mass is 35.5. The summed E-state index contributed by atoms with van der Waals surface area (Å²) in [6.07, 6.45) is 3.56. The summed E-state index contributed by atoms with van der Waals surface area (Å²) in [5, 5.41) is 4.89. The predicted molar refractivity (Wildman–Crippen MR) is 74.5 cm³/mol. The maximum atomic E-state index is 6.39. The van der Waals surface area contributed by atoms with Gasteiger partial charge in [0.25, 0.3) is 0 Å². The van der Waals surface area contributed by atoms with E-state index in [0.717, 1.165) is 23.4 Å². The zero-order chi connectivity index (χ0) is 13.2. The maximum absolute atomic E-state index is 6.39. The SMILES string of the molecule is Cn1nccc1CCC(C)(N)c1cccc(Cl)c1. The quantitative estimate of drug-likeness (QED) is 0.922. The molecule has 4 heteroatoms. The Morgan fingerprint density at radius 2 is 2.17 bits per heavy atom. The number of aryl methyl sites for hydroxylation is 2. The Kier molecular flexibility index (Phi) is 3.73. The summed E-state index contributed by atoms with van der Waals surface area (Å²) in [4.78, 5) is 0. The van der Waals surface area contributed by atoms with Crippen molar-refractivity contribution in [2.45, 2.75) is 25.3 Å². The zero-order valence-electron chi connectivity index (χ0n) is 10.7. The van der Waals surface area contributed by atoms with Crippen LogP contribution >= 0.6 is 11.6 Å². The van der Waals surface area contributed by atoms with E-state index in [1.165, 1.54) is 5.69 Å². The minimum atomic E-state index is -0.380. The summed E-state index contributed by atoms with van der Waals surface area (Å²) < 4.78 is 1.88. The molecule has 2 aromatic rings. The van der Waals surface area contributed by atoms with Crippen molar-refractivity contribution in [1.29, 1.82) is 0 Å². The van der Waals surface area contributed by atoms with Gasteiger partial charge in [-0.15, -0.1) is 0 Å². The minimum absolute atomic E-state index is 0.380. The van der Waals surface area contributed by atoms with Crippen LogP contribution in [0.1, 0.15) is 24.6 Å². The fraction of sp³-hybridized carbons (Fsp3) is 0.357. The predicted octanol–water partition coefficient (Wildman–Crippen LogP) is 2.88. The van der Waals surface area contributed by atoms with Crippen molar-refractivity contribution >= 4 is 11.6 Å². The van der Waals surface area contributed by atoms with Crippen LogP contribution in [0.4, 0.5) is 0 Å². The highest BCUT2D eigenvalue weighted by Crippen LogP contribution is 2.25.